The Morgan fingerprint density at radius 3 is 2.45 bits per heavy atom. The van der Waals surface area contributed by atoms with Gasteiger partial charge in [0, 0.05) is 38.6 Å². The molecule has 8 heteroatoms. The first-order chi connectivity index (χ1) is 15.7. The molecular formula is C25H20Cl2N2O3S. The van der Waals surface area contributed by atoms with Crippen LogP contribution >= 0.6 is 23.2 Å². The number of benzene rings is 3. The van der Waals surface area contributed by atoms with Crippen LogP contribution in [0.25, 0.3) is 17.0 Å². The second kappa shape index (κ2) is 9.06. The van der Waals surface area contributed by atoms with E-state index in [1.807, 2.05) is 13.0 Å². The first-order valence-electron chi connectivity index (χ1n) is 10.0. The normalized spacial score (nSPS) is 11.5. The van der Waals surface area contributed by atoms with Gasteiger partial charge in [-0.15, -0.1) is 0 Å². The van der Waals surface area contributed by atoms with Gasteiger partial charge in [-0.3, -0.25) is 4.79 Å². The average molecular weight is 499 g/mol. The lowest BCUT2D eigenvalue weighted by molar-refractivity contribution is 0.0981. The van der Waals surface area contributed by atoms with Gasteiger partial charge in [0.1, 0.15) is 0 Å². The van der Waals surface area contributed by atoms with Gasteiger partial charge in [0.2, 0.25) is 0 Å². The van der Waals surface area contributed by atoms with Gasteiger partial charge in [0.15, 0.2) is 0 Å². The molecule has 4 rings (SSSR count). The Labute approximate surface area is 202 Å². The van der Waals surface area contributed by atoms with E-state index >= 15 is 0 Å². The summed E-state index contributed by atoms with van der Waals surface area (Å²) in [4.78, 5) is 16.1. The summed E-state index contributed by atoms with van der Waals surface area (Å²) in [5, 5.41) is 1.93. The molecule has 5 nitrogen and oxygen atoms in total. The van der Waals surface area contributed by atoms with Crippen LogP contribution in [0.4, 0.5) is 0 Å². The number of aromatic nitrogens is 1. The number of hydrogen-bond acceptors (Lipinski definition) is 3. The number of carbonyl (C=O) groups excluding carboxylic acids is 1. The minimum absolute atomic E-state index is 0.00177. The largest absolute Gasteiger partial charge is 0.358 e. The van der Waals surface area contributed by atoms with E-state index in [1.165, 1.54) is 12.1 Å². The Bertz CT molecular complexity index is 1490. The molecule has 0 saturated carbocycles. The third-order valence-corrected chi connectivity index (χ3v) is 7.35. The van der Waals surface area contributed by atoms with Gasteiger partial charge in [0.25, 0.3) is 15.9 Å². The van der Waals surface area contributed by atoms with E-state index in [9.17, 15) is 13.2 Å². The van der Waals surface area contributed by atoms with Crippen molar-refractivity contribution in [2.45, 2.75) is 18.2 Å². The molecule has 0 fully saturated rings. The van der Waals surface area contributed by atoms with Crippen LogP contribution in [-0.4, -0.2) is 19.3 Å². The Balaban J connectivity index is 1.65. The predicted molar refractivity (Wildman–Crippen MR) is 133 cm³/mol. The molecule has 33 heavy (non-hydrogen) atoms. The van der Waals surface area contributed by atoms with E-state index in [4.69, 9.17) is 23.2 Å². The van der Waals surface area contributed by atoms with E-state index in [-0.39, 0.29) is 10.5 Å². The van der Waals surface area contributed by atoms with Gasteiger partial charge >= 0.3 is 0 Å². The van der Waals surface area contributed by atoms with E-state index in [0.717, 1.165) is 33.3 Å². The lowest BCUT2D eigenvalue weighted by Gasteiger charge is -2.09. The molecule has 4 aromatic rings. The number of rotatable bonds is 6. The lowest BCUT2D eigenvalue weighted by atomic mass is 10.0. The Kier molecular flexibility index (Phi) is 6.34. The molecule has 3 aromatic carbocycles. The second-order valence-electron chi connectivity index (χ2n) is 7.61. The molecule has 0 aliphatic rings. The molecule has 0 spiro atoms. The van der Waals surface area contributed by atoms with Crippen molar-refractivity contribution in [3.05, 3.63) is 105 Å². The maximum absolute atomic E-state index is 12.8. The van der Waals surface area contributed by atoms with Crippen LogP contribution in [0, 0.1) is 6.92 Å². The fourth-order valence-corrected chi connectivity index (χ4v) is 5.08. The molecule has 0 unspecified atom stereocenters. The summed E-state index contributed by atoms with van der Waals surface area (Å²) < 4.78 is 27.5. The van der Waals surface area contributed by atoms with Crippen LogP contribution in [-0.2, 0) is 16.4 Å². The maximum Gasteiger partial charge on any atom is 0.265 e. The molecule has 0 saturated heterocycles. The zero-order valence-corrected chi connectivity index (χ0v) is 20.0. The van der Waals surface area contributed by atoms with Crippen molar-refractivity contribution in [3.63, 3.8) is 0 Å². The summed E-state index contributed by atoms with van der Waals surface area (Å²) in [6.07, 6.45) is 2.14. The first-order valence-corrected chi connectivity index (χ1v) is 12.3. The SMILES string of the molecule is C=Cc1ccc(S(=O)(=O)NC(=O)c2ccc3[nH]c(C)c(Cc4ccc(Cl)cc4Cl)c3c2)cc1. The number of aryl methyl sites for hydroxylation is 1. The number of halogens is 2. The molecule has 0 aliphatic heterocycles. The van der Waals surface area contributed by atoms with Crippen LogP contribution in [0.1, 0.15) is 32.7 Å². The number of carbonyl (C=O) groups is 1. The minimum atomic E-state index is -4.02. The molecule has 2 N–H and O–H groups in total. The highest BCUT2D eigenvalue weighted by atomic mass is 35.5. The monoisotopic (exact) mass is 498 g/mol. The van der Waals surface area contributed by atoms with Gasteiger partial charge < -0.3 is 4.98 Å². The molecule has 1 amide bonds. The summed E-state index contributed by atoms with van der Waals surface area (Å²) in [5.74, 6) is -0.709. The lowest BCUT2D eigenvalue weighted by Crippen LogP contribution is -2.30. The quantitative estimate of drug-likeness (QED) is 0.335. The number of H-pyrrole nitrogens is 1. The molecule has 0 aliphatic carbocycles. The van der Waals surface area contributed by atoms with E-state index in [2.05, 4.69) is 16.3 Å². The highest BCUT2D eigenvalue weighted by Crippen LogP contribution is 2.29. The van der Waals surface area contributed by atoms with Gasteiger partial charge in [-0.2, -0.15) is 0 Å². The van der Waals surface area contributed by atoms with Crippen LogP contribution in [0.3, 0.4) is 0 Å². The fraction of sp³-hybridized carbons (Fsp3) is 0.0800. The molecule has 1 aromatic heterocycles. The maximum atomic E-state index is 12.8. The molecule has 168 valence electrons. The number of hydrogen-bond donors (Lipinski definition) is 2. The second-order valence-corrected chi connectivity index (χ2v) is 10.1. The van der Waals surface area contributed by atoms with Gasteiger partial charge in [-0.25, -0.2) is 13.1 Å². The average Bonchev–Trinajstić information content (AvgIpc) is 3.09. The number of sulfonamides is 1. The number of nitrogens with one attached hydrogen (secondary N) is 2. The standard InChI is InChI=1S/C25H20Cl2N2O3S/c1-3-16-4-9-20(10-5-16)33(31,32)29-25(30)18-7-11-24-22(13-18)21(15(2)28-24)12-17-6-8-19(26)14-23(17)27/h3-11,13-14,28H,1,12H2,2H3,(H,29,30). The van der Waals surface area contributed by atoms with Crippen molar-refractivity contribution in [1.29, 1.82) is 0 Å². The summed E-state index contributed by atoms with van der Waals surface area (Å²) in [7, 11) is -4.02. The van der Waals surface area contributed by atoms with E-state index in [1.54, 1.807) is 48.5 Å². The Hall–Kier alpha value is -3.06. The zero-order valence-electron chi connectivity index (χ0n) is 17.7. The van der Waals surface area contributed by atoms with Crippen molar-refractivity contribution in [2.75, 3.05) is 0 Å². The molecule has 1 heterocycles. The van der Waals surface area contributed by atoms with Crippen LogP contribution in [0.2, 0.25) is 10.0 Å². The Morgan fingerprint density at radius 1 is 1.06 bits per heavy atom. The predicted octanol–water partition coefficient (Wildman–Crippen LogP) is 6.14. The first kappa shape index (κ1) is 23.1. The highest BCUT2D eigenvalue weighted by molar-refractivity contribution is 7.90. The molecule has 0 radical (unpaired) electrons. The van der Waals surface area contributed by atoms with Crippen molar-refractivity contribution in [2.24, 2.45) is 0 Å². The van der Waals surface area contributed by atoms with Crippen LogP contribution < -0.4 is 4.72 Å². The third kappa shape index (κ3) is 4.83. The highest BCUT2D eigenvalue weighted by Gasteiger charge is 2.20. The molecule has 0 atom stereocenters. The van der Waals surface area contributed by atoms with Crippen molar-refractivity contribution >= 4 is 56.1 Å². The topological polar surface area (TPSA) is 79.0 Å². The van der Waals surface area contributed by atoms with Crippen LogP contribution in [0.5, 0.6) is 0 Å². The van der Waals surface area contributed by atoms with Crippen LogP contribution in [0.15, 0.2) is 72.1 Å². The zero-order chi connectivity index (χ0) is 23.8. The van der Waals surface area contributed by atoms with Gasteiger partial charge in [0.05, 0.1) is 4.90 Å². The van der Waals surface area contributed by atoms with E-state index < -0.39 is 15.9 Å². The molecular weight excluding hydrogens is 479 g/mol. The van der Waals surface area contributed by atoms with Crippen molar-refractivity contribution < 1.29 is 13.2 Å². The fourth-order valence-electron chi connectivity index (χ4n) is 3.63. The third-order valence-electron chi connectivity index (χ3n) is 5.42. The number of aromatic amines is 1. The molecule has 0 bridgehead atoms. The summed E-state index contributed by atoms with van der Waals surface area (Å²) in [6, 6.07) is 16.5. The Morgan fingerprint density at radius 2 is 1.79 bits per heavy atom. The smallest absolute Gasteiger partial charge is 0.265 e. The van der Waals surface area contributed by atoms with Crippen molar-refractivity contribution in [1.82, 2.24) is 9.71 Å². The van der Waals surface area contributed by atoms with Gasteiger partial charge in [-0.1, -0.05) is 54.1 Å². The van der Waals surface area contributed by atoms with E-state index in [0.29, 0.717) is 16.5 Å². The minimum Gasteiger partial charge on any atom is -0.358 e. The number of fused-ring (bicyclic) bond motifs is 1. The van der Waals surface area contributed by atoms with Gasteiger partial charge in [-0.05, 0) is 66.1 Å². The van der Waals surface area contributed by atoms with Crippen molar-refractivity contribution in [3.8, 4) is 0 Å². The summed E-state index contributed by atoms with van der Waals surface area (Å²) >= 11 is 12.4. The summed E-state index contributed by atoms with van der Waals surface area (Å²) in [5.41, 5.74) is 4.64. The summed E-state index contributed by atoms with van der Waals surface area (Å²) in [6.45, 7) is 5.59. The number of amides is 1.